The van der Waals surface area contributed by atoms with E-state index >= 15 is 4.39 Å². The second-order valence-corrected chi connectivity index (χ2v) is 6.15. The molecule has 0 spiro atoms. The van der Waals surface area contributed by atoms with E-state index in [9.17, 15) is 27.5 Å². The molecule has 0 radical (unpaired) electrons. The van der Waals surface area contributed by atoms with E-state index < -0.39 is 41.6 Å². The monoisotopic (exact) mass is 386 g/mol. The first-order chi connectivity index (χ1) is 12.6. The number of hydrogen-bond acceptors (Lipinski definition) is 3. The van der Waals surface area contributed by atoms with Crippen molar-refractivity contribution in [1.29, 1.82) is 0 Å². The first-order valence-corrected chi connectivity index (χ1v) is 8.19. The fraction of sp³-hybridized carbons (Fsp3) is 0.316. The number of carbonyl (C=O) groups excluding carboxylic acids is 1. The second kappa shape index (κ2) is 6.60. The number of fused-ring (bicyclic) bond motifs is 3. The third-order valence-corrected chi connectivity index (χ3v) is 4.56. The maximum absolute atomic E-state index is 15.0. The van der Waals surface area contributed by atoms with E-state index in [1.165, 1.54) is 19.1 Å². The molecule has 2 aromatic carbocycles. The lowest BCUT2D eigenvalue weighted by Crippen LogP contribution is -2.51. The number of aryl methyl sites for hydroxylation is 1. The molecular formula is C19H15F5O3. The zero-order valence-electron chi connectivity index (χ0n) is 14.2. The van der Waals surface area contributed by atoms with Gasteiger partial charge in [-0.05, 0) is 42.3 Å². The number of halogens is 5. The van der Waals surface area contributed by atoms with E-state index in [0.29, 0.717) is 24.0 Å². The minimum Gasteiger partial charge on any atom is -0.463 e. The van der Waals surface area contributed by atoms with Crippen LogP contribution in [0.2, 0.25) is 0 Å². The number of hydrogen-bond donors (Lipinski definition) is 1. The normalized spacial score (nSPS) is 16.1. The maximum Gasteiger partial charge on any atom is 0.432 e. The zero-order valence-corrected chi connectivity index (χ0v) is 14.2. The first kappa shape index (κ1) is 19.3. The van der Waals surface area contributed by atoms with Gasteiger partial charge in [0.1, 0.15) is 11.6 Å². The van der Waals surface area contributed by atoms with Crippen LogP contribution >= 0.6 is 0 Å². The first-order valence-electron chi connectivity index (χ1n) is 8.19. The summed E-state index contributed by atoms with van der Waals surface area (Å²) in [5, 5.41) is 9.88. The summed E-state index contributed by atoms with van der Waals surface area (Å²) >= 11 is 0. The topological polar surface area (TPSA) is 46.5 Å². The fourth-order valence-corrected chi connectivity index (χ4v) is 3.28. The van der Waals surface area contributed by atoms with Crippen LogP contribution in [0.1, 0.15) is 30.0 Å². The minimum absolute atomic E-state index is 0.101. The molecule has 0 fully saturated rings. The summed E-state index contributed by atoms with van der Waals surface area (Å²) in [6.07, 6.45) is -0.980. The Morgan fingerprint density at radius 1 is 1.22 bits per heavy atom. The number of esters is 1. The zero-order chi connectivity index (χ0) is 20.0. The van der Waals surface area contributed by atoms with Gasteiger partial charge in [0.2, 0.25) is 0 Å². The van der Waals surface area contributed by atoms with Gasteiger partial charge >= 0.3 is 12.1 Å². The number of allylic oxidation sites excluding steroid dienone is 1. The van der Waals surface area contributed by atoms with Crippen LogP contribution in [0.15, 0.2) is 24.3 Å². The SMILES string of the molecule is CCOC(=O)C(O)(c1c(F)cc2c3c(ccc2c1F)C=CCC3)C(F)(F)F. The average Bonchev–Trinajstić information content (AvgIpc) is 2.60. The van der Waals surface area contributed by atoms with Gasteiger partial charge in [-0.25, -0.2) is 13.6 Å². The summed E-state index contributed by atoms with van der Waals surface area (Å²) in [5.41, 5.74) is -4.95. The van der Waals surface area contributed by atoms with E-state index in [2.05, 4.69) is 4.74 Å². The number of benzene rings is 2. The van der Waals surface area contributed by atoms with Crippen molar-refractivity contribution in [3.63, 3.8) is 0 Å². The maximum atomic E-state index is 15.0. The fourth-order valence-electron chi connectivity index (χ4n) is 3.28. The van der Waals surface area contributed by atoms with Crippen LogP contribution in [0.4, 0.5) is 22.0 Å². The van der Waals surface area contributed by atoms with Gasteiger partial charge in [-0.15, -0.1) is 0 Å². The van der Waals surface area contributed by atoms with Crippen LogP contribution in [-0.4, -0.2) is 23.9 Å². The Bertz CT molecular complexity index is 949. The molecule has 0 heterocycles. The van der Waals surface area contributed by atoms with Crippen LogP contribution in [-0.2, 0) is 21.6 Å². The molecule has 1 aliphatic carbocycles. The Morgan fingerprint density at radius 3 is 2.56 bits per heavy atom. The summed E-state index contributed by atoms with van der Waals surface area (Å²) in [7, 11) is 0. The van der Waals surface area contributed by atoms with Crippen LogP contribution in [0, 0.1) is 11.6 Å². The number of ether oxygens (including phenoxy) is 1. The Balaban J connectivity index is 2.34. The number of rotatable bonds is 3. The molecule has 0 aliphatic heterocycles. The highest BCUT2D eigenvalue weighted by atomic mass is 19.4. The van der Waals surface area contributed by atoms with Crippen molar-refractivity contribution in [3.05, 3.63) is 52.6 Å². The molecule has 144 valence electrons. The molecule has 27 heavy (non-hydrogen) atoms. The van der Waals surface area contributed by atoms with Crippen LogP contribution in [0.5, 0.6) is 0 Å². The Hall–Kier alpha value is -2.48. The van der Waals surface area contributed by atoms with E-state index in [1.54, 1.807) is 6.08 Å². The van der Waals surface area contributed by atoms with Crippen molar-refractivity contribution in [2.45, 2.75) is 31.5 Å². The van der Waals surface area contributed by atoms with Crippen molar-refractivity contribution >= 4 is 22.8 Å². The Kier molecular flexibility index (Phi) is 4.71. The summed E-state index contributed by atoms with van der Waals surface area (Å²) in [6, 6.07) is 3.42. The van der Waals surface area contributed by atoms with Gasteiger partial charge in [0.15, 0.2) is 0 Å². The van der Waals surface area contributed by atoms with Gasteiger partial charge in [0.25, 0.3) is 5.60 Å². The van der Waals surface area contributed by atoms with Crippen molar-refractivity contribution in [2.24, 2.45) is 0 Å². The molecule has 1 unspecified atom stereocenters. The lowest BCUT2D eigenvalue weighted by Gasteiger charge is -2.29. The third-order valence-electron chi connectivity index (χ3n) is 4.56. The summed E-state index contributed by atoms with van der Waals surface area (Å²) in [4.78, 5) is 11.9. The van der Waals surface area contributed by atoms with Crippen molar-refractivity contribution in [1.82, 2.24) is 0 Å². The van der Waals surface area contributed by atoms with Crippen molar-refractivity contribution < 1.29 is 36.6 Å². The summed E-state index contributed by atoms with van der Waals surface area (Å²) < 4.78 is 74.4. The number of alkyl halides is 3. The van der Waals surface area contributed by atoms with Crippen LogP contribution in [0.3, 0.4) is 0 Å². The standard InChI is InChI=1S/C19H15F5O3/c1-2-27-17(25)18(26,19(22,23)24)15-14(20)9-13-11-6-4-3-5-10(11)7-8-12(13)16(15)21/h3,5,7-9,26H,2,4,6H2,1H3. The van der Waals surface area contributed by atoms with Crippen LogP contribution < -0.4 is 0 Å². The lowest BCUT2D eigenvalue weighted by atomic mass is 9.86. The molecule has 0 aromatic heterocycles. The van der Waals surface area contributed by atoms with E-state index in [-0.39, 0.29) is 10.8 Å². The van der Waals surface area contributed by atoms with Crippen molar-refractivity contribution in [3.8, 4) is 0 Å². The molecule has 3 nitrogen and oxygen atoms in total. The molecule has 2 aromatic rings. The Labute approximate surface area is 151 Å². The molecule has 1 N–H and O–H groups in total. The highest BCUT2D eigenvalue weighted by Gasteiger charge is 2.64. The highest BCUT2D eigenvalue weighted by molar-refractivity contribution is 5.92. The van der Waals surface area contributed by atoms with E-state index in [0.717, 1.165) is 6.07 Å². The third kappa shape index (κ3) is 2.88. The van der Waals surface area contributed by atoms with E-state index in [1.807, 2.05) is 6.08 Å². The molecule has 0 bridgehead atoms. The van der Waals surface area contributed by atoms with Crippen molar-refractivity contribution in [2.75, 3.05) is 6.61 Å². The van der Waals surface area contributed by atoms with E-state index in [4.69, 9.17) is 0 Å². The molecule has 3 rings (SSSR count). The smallest absolute Gasteiger partial charge is 0.432 e. The van der Waals surface area contributed by atoms with Gasteiger partial charge in [0.05, 0.1) is 12.2 Å². The predicted molar refractivity (Wildman–Crippen MR) is 87.8 cm³/mol. The van der Waals surface area contributed by atoms with Gasteiger partial charge in [-0.1, -0.05) is 24.3 Å². The van der Waals surface area contributed by atoms with Gasteiger partial charge in [-0.3, -0.25) is 0 Å². The molecule has 8 heteroatoms. The quantitative estimate of drug-likeness (QED) is 0.629. The van der Waals surface area contributed by atoms with Gasteiger partial charge in [0, 0.05) is 5.39 Å². The predicted octanol–water partition coefficient (Wildman–Crippen LogP) is 4.39. The molecular weight excluding hydrogens is 371 g/mol. The summed E-state index contributed by atoms with van der Waals surface area (Å²) in [5.74, 6) is -5.50. The Morgan fingerprint density at radius 2 is 1.93 bits per heavy atom. The molecule has 0 saturated carbocycles. The minimum atomic E-state index is -5.69. The molecule has 1 atom stereocenters. The lowest BCUT2D eigenvalue weighted by molar-refractivity contribution is -0.269. The molecule has 0 amide bonds. The number of aliphatic hydroxyl groups is 1. The summed E-state index contributed by atoms with van der Waals surface area (Å²) in [6.45, 7) is 0.704. The number of carbonyl (C=O) groups is 1. The molecule has 0 saturated heterocycles. The van der Waals surface area contributed by atoms with Gasteiger partial charge in [-0.2, -0.15) is 13.2 Å². The van der Waals surface area contributed by atoms with Crippen LogP contribution in [0.25, 0.3) is 16.8 Å². The second-order valence-electron chi connectivity index (χ2n) is 6.15. The van der Waals surface area contributed by atoms with Gasteiger partial charge < -0.3 is 9.84 Å². The largest absolute Gasteiger partial charge is 0.463 e. The molecule has 1 aliphatic rings. The highest BCUT2D eigenvalue weighted by Crippen LogP contribution is 2.44. The average molecular weight is 386 g/mol.